The Labute approximate surface area is 168 Å². The number of rotatable bonds is 6. The number of halogens is 1. The van der Waals surface area contributed by atoms with Crippen LogP contribution in [0, 0.1) is 6.92 Å². The zero-order valence-electron chi connectivity index (χ0n) is 16.1. The largest absolute Gasteiger partial charge is 0.497 e. The van der Waals surface area contributed by atoms with Crippen molar-refractivity contribution in [1.82, 2.24) is 4.98 Å². The van der Waals surface area contributed by atoms with Crippen molar-refractivity contribution < 1.29 is 19.0 Å². The van der Waals surface area contributed by atoms with Gasteiger partial charge in [-0.3, -0.25) is 0 Å². The molecule has 1 N–H and O–H groups in total. The third kappa shape index (κ3) is 3.82. The highest BCUT2D eigenvalue weighted by atomic mass is 35.5. The van der Waals surface area contributed by atoms with Crippen LogP contribution < -0.4 is 14.8 Å². The molecule has 6 nitrogen and oxygen atoms in total. The molecule has 2 aromatic carbocycles. The van der Waals surface area contributed by atoms with Crippen molar-refractivity contribution in [3.63, 3.8) is 0 Å². The lowest BCUT2D eigenvalue weighted by molar-refractivity contribution is 0.0601. The molecule has 0 unspecified atom stereocenters. The summed E-state index contributed by atoms with van der Waals surface area (Å²) in [5.41, 5.74) is 2.87. The van der Waals surface area contributed by atoms with E-state index in [1.807, 2.05) is 25.1 Å². The molecule has 28 heavy (non-hydrogen) atoms. The third-order valence-electron chi connectivity index (χ3n) is 4.51. The number of nitrogens with zero attached hydrogens (tertiary/aromatic N) is 1. The van der Waals surface area contributed by atoms with E-state index in [0.29, 0.717) is 33.9 Å². The molecule has 0 fully saturated rings. The van der Waals surface area contributed by atoms with Gasteiger partial charge in [0, 0.05) is 29.1 Å². The lowest BCUT2D eigenvalue weighted by Gasteiger charge is -2.15. The quantitative estimate of drug-likeness (QED) is 0.609. The van der Waals surface area contributed by atoms with E-state index in [2.05, 4.69) is 10.3 Å². The Morgan fingerprint density at radius 3 is 2.57 bits per heavy atom. The molecular formula is C21H21ClN2O4. The number of esters is 1. The summed E-state index contributed by atoms with van der Waals surface area (Å²) in [6, 6.07) is 10.8. The first-order valence-electron chi connectivity index (χ1n) is 8.61. The van der Waals surface area contributed by atoms with Crippen molar-refractivity contribution in [2.45, 2.75) is 13.5 Å². The van der Waals surface area contributed by atoms with Crippen LogP contribution in [-0.2, 0) is 11.3 Å². The van der Waals surface area contributed by atoms with Crippen LogP contribution in [0.1, 0.15) is 21.5 Å². The van der Waals surface area contributed by atoms with Crippen LogP contribution in [0.15, 0.2) is 36.4 Å². The normalized spacial score (nSPS) is 10.6. The second-order valence-electron chi connectivity index (χ2n) is 6.15. The third-order valence-corrected chi connectivity index (χ3v) is 5.00. The predicted molar refractivity (Wildman–Crippen MR) is 110 cm³/mol. The zero-order valence-corrected chi connectivity index (χ0v) is 16.9. The number of hydrogen-bond donors (Lipinski definition) is 1. The molecule has 3 aromatic rings. The highest BCUT2D eigenvalue weighted by molar-refractivity contribution is 6.36. The van der Waals surface area contributed by atoms with Gasteiger partial charge in [0.05, 0.1) is 37.4 Å². The van der Waals surface area contributed by atoms with Crippen LogP contribution in [0.5, 0.6) is 11.5 Å². The number of carbonyl (C=O) groups excluding carboxylic acids is 1. The van der Waals surface area contributed by atoms with Gasteiger partial charge in [0.15, 0.2) is 0 Å². The Morgan fingerprint density at radius 2 is 1.89 bits per heavy atom. The summed E-state index contributed by atoms with van der Waals surface area (Å²) in [5.74, 6) is 1.70. The number of carbonyl (C=O) groups is 1. The number of benzene rings is 2. The molecule has 1 aromatic heterocycles. The van der Waals surface area contributed by atoms with E-state index < -0.39 is 5.97 Å². The summed E-state index contributed by atoms with van der Waals surface area (Å²) in [5, 5.41) is 4.56. The van der Waals surface area contributed by atoms with E-state index in [9.17, 15) is 4.79 Å². The zero-order chi connectivity index (χ0) is 20.3. The standard InChI is InChI=1S/C21H21ClN2O4/c1-12-19(22)16-9-13(21(25)28-4)6-8-17(16)24-20(12)23-11-14-5-7-15(26-2)10-18(14)27-3/h5-10H,11H2,1-4H3,(H,23,24). The van der Waals surface area contributed by atoms with E-state index in [4.69, 9.17) is 25.8 Å². The van der Waals surface area contributed by atoms with Gasteiger partial charge in [-0.05, 0) is 37.3 Å². The van der Waals surface area contributed by atoms with E-state index in [0.717, 1.165) is 22.6 Å². The van der Waals surface area contributed by atoms with Gasteiger partial charge < -0.3 is 19.5 Å². The summed E-state index contributed by atoms with van der Waals surface area (Å²) in [6.07, 6.45) is 0. The van der Waals surface area contributed by atoms with Crippen LogP contribution in [0.2, 0.25) is 5.02 Å². The summed E-state index contributed by atoms with van der Waals surface area (Å²) in [4.78, 5) is 16.4. The van der Waals surface area contributed by atoms with Crippen molar-refractivity contribution in [2.75, 3.05) is 26.6 Å². The van der Waals surface area contributed by atoms with Crippen molar-refractivity contribution in [3.8, 4) is 11.5 Å². The van der Waals surface area contributed by atoms with Crippen molar-refractivity contribution in [1.29, 1.82) is 0 Å². The molecule has 3 rings (SSSR count). The first-order valence-corrected chi connectivity index (χ1v) is 8.99. The molecule has 0 radical (unpaired) electrons. The van der Waals surface area contributed by atoms with Crippen LogP contribution in [0.4, 0.5) is 5.82 Å². The lowest BCUT2D eigenvalue weighted by Crippen LogP contribution is -2.06. The lowest BCUT2D eigenvalue weighted by atomic mass is 10.1. The molecule has 0 spiro atoms. The number of methoxy groups -OCH3 is 3. The van der Waals surface area contributed by atoms with Gasteiger partial charge >= 0.3 is 5.97 Å². The van der Waals surface area contributed by atoms with E-state index >= 15 is 0 Å². The first-order chi connectivity index (χ1) is 13.5. The number of fused-ring (bicyclic) bond motifs is 1. The molecule has 0 atom stereocenters. The molecule has 0 bridgehead atoms. The van der Waals surface area contributed by atoms with E-state index in [-0.39, 0.29) is 0 Å². The molecule has 146 valence electrons. The van der Waals surface area contributed by atoms with Gasteiger partial charge in [-0.25, -0.2) is 9.78 Å². The summed E-state index contributed by atoms with van der Waals surface area (Å²) in [7, 11) is 4.58. The smallest absolute Gasteiger partial charge is 0.337 e. The number of aromatic nitrogens is 1. The van der Waals surface area contributed by atoms with Gasteiger partial charge in [-0.1, -0.05) is 11.6 Å². The molecule has 0 aliphatic rings. The maximum Gasteiger partial charge on any atom is 0.337 e. The number of nitrogens with one attached hydrogen (secondary N) is 1. The second-order valence-corrected chi connectivity index (χ2v) is 6.53. The van der Waals surface area contributed by atoms with Crippen LogP contribution in [-0.4, -0.2) is 32.3 Å². The minimum Gasteiger partial charge on any atom is -0.497 e. The Hall–Kier alpha value is -2.99. The average molecular weight is 401 g/mol. The topological polar surface area (TPSA) is 69.7 Å². The van der Waals surface area contributed by atoms with Gasteiger partial charge in [0.25, 0.3) is 0 Å². The van der Waals surface area contributed by atoms with E-state index in [1.54, 1.807) is 32.4 Å². The number of pyridine rings is 1. The molecular weight excluding hydrogens is 380 g/mol. The van der Waals surface area contributed by atoms with Gasteiger partial charge in [0.2, 0.25) is 0 Å². The predicted octanol–water partition coefficient (Wildman–Crippen LogP) is 4.61. The van der Waals surface area contributed by atoms with Crippen LogP contribution >= 0.6 is 11.6 Å². The minimum atomic E-state index is -0.413. The maximum absolute atomic E-state index is 11.8. The molecule has 0 aliphatic heterocycles. The SMILES string of the molecule is COC(=O)c1ccc2nc(NCc3ccc(OC)cc3OC)c(C)c(Cl)c2c1. The number of anilines is 1. The molecule has 1 heterocycles. The summed E-state index contributed by atoms with van der Waals surface area (Å²) < 4.78 is 15.4. The molecule has 0 saturated heterocycles. The monoisotopic (exact) mass is 400 g/mol. The second kappa shape index (κ2) is 8.35. The Balaban J connectivity index is 1.92. The van der Waals surface area contributed by atoms with Crippen molar-refractivity contribution in [2.24, 2.45) is 0 Å². The van der Waals surface area contributed by atoms with Crippen LogP contribution in [0.3, 0.4) is 0 Å². The molecule has 7 heteroatoms. The molecule has 0 saturated carbocycles. The highest BCUT2D eigenvalue weighted by Gasteiger charge is 2.14. The molecule has 0 amide bonds. The maximum atomic E-state index is 11.8. The Kier molecular flexibility index (Phi) is 5.90. The summed E-state index contributed by atoms with van der Waals surface area (Å²) in [6.45, 7) is 2.39. The van der Waals surface area contributed by atoms with Crippen LogP contribution in [0.25, 0.3) is 10.9 Å². The first kappa shape index (κ1) is 19.8. The fourth-order valence-corrected chi connectivity index (χ4v) is 3.15. The van der Waals surface area contributed by atoms with Gasteiger partial charge in [-0.2, -0.15) is 0 Å². The Morgan fingerprint density at radius 1 is 1.11 bits per heavy atom. The fraction of sp³-hybridized carbons (Fsp3) is 0.238. The number of hydrogen-bond acceptors (Lipinski definition) is 6. The summed E-state index contributed by atoms with van der Waals surface area (Å²) >= 11 is 6.56. The van der Waals surface area contributed by atoms with Gasteiger partial charge in [0.1, 0.15) is 17.3 Å². The van der Waals surface area contributed by atoms with Gasteiger partial charge in [-0.15, -0.1) is 0 Å². The average Bonchev–Trinajstić information content (AvgIpc) is 2.74. The molecule has 0 aliphatic carbocycles. The van der Waals surface area contributed by atoms with Crippen molar-refractivity contribution >= 4 is 34.3 Å². The van der Waals surface area contributed by atoms with E-state index in [1.165, 1.54) is 7.11 Å². The number of ether oxygens (including phenoxy) is 3. The fourth-order valence-electron chi connectivity index (χ4n) is 2.91. The van der Waals surface area contributed by atoms with Crippen molar-refractivity contribution in [3.05, 3.63) is 58.1 Å². The Bertz CT molecular complexity index is 1040. The minimum absolute atomic E-state index is 0.413. The highest BCUT2D eigenvalue weighted by Crippen LogP contribution is 2.32.